The number of Topliss-reactive ketones (excluding diaryl/α,β-unsaturated/α-hetero) is 1. The van der Waals surface area contributed by atoms with Gasteiger partial charge in [-0.05, 0) is 104 Å². The van der Waals surface area contributed by atoms with Crippen molar-refractivity contribution < 1.29 is 14.3 Å². The number of hydrogen-bond acceptors (Lipinski definition) is 3. The molecule has 48 heavy (non-hydrogen) atoms. The summed E-state index contributed by atoms with van der Waals surface area (Å²) in [4.78, 5) is 26.7. The lowest BCUT2D eigenvalue weighted by atomic mass is 9.77. The van der Waals surface area contributed by atoms with Gasteiger partial charge in [0.05, 0.1) is 12.2 Å². The van der Waals surface area contributed by atoms with Gasteiger partial charge in [-0.15, -0.1) is 0 Å². The molecule has 2 saturated carbocycles. The monoisotopic (exact) mass is 648 g/mol. The molecule has 0 aliphatic heterocycles. The number of rotatable bonds is 17. The first-order valence-electron chi connectivity index (χ1n) is 19.5. The van der Waals surface area contributed by atoms with E-state index in [0.717, 1.165) is 23.0 Å². The van der Waals surface area contributed by atoms with Gasteiger partial charge in [-0.2, -0.15) is 0 Å². The molecular formula is C45H60O3. The summed E-state index contributed by atoms with van der Waals surface area (Å²) in [6.07, 6.45) is 21.4. The molecule has 5 rings (SSSR count). The average Bonchev–Trinajstić information content (AvgIpc) is 3.14. The molecule has 3 aromatic carbocycles. The third-order valence-electron chi connectivity index (χ3n) is 11.6. The molecule has 0 heterocycles. The third kappa shape index (κ3) is 10.6. The maximum Gasteiger partial charge on any atom is 0.338 e. The second kappa shape index (κ2) is 19.1. The highest BCUT2D eigenvalue weighted by Gasteiger charge is 2.25. The molecular weight excluding hydrogens is 588 g/mol. The topological polar surface area (TPSA) is 43.4 Å². The summed E-state index contributed by atoms with van der Waals surface area (Å²) in [5, 5.41) is 0. The van der Waals surface area contributed by atoms with Crippen LogP contribution < -0.4 is 0 Å². The highest BCUT2D eigenvalue weighted by atomic mass is 16.5. The predicted octanol–water partition coefficient (Wildman–Crippen LogP) is 12.6. The maximum atomic E-state index is 13.5. The molecule has 0 saturated heterocycles. The van der Waals surface area contributed by atoms with Crippen molar-refractivity contribution in [3.05, 3.63) is 107 Å². The number of ether oxygens (including phenoxy) is 1. The van der Waals surface area contributed by atoms with E-state index < -0.39 is 0 Å². The second-order valence-corrected chi connectivity index (χ2v) is 15.0. The van der Waals surface area contributed by atoms with Crippen molar-refractivity contribution in [1.29, 1.82) is 0 Å². The zero-order chi connectivity index (χ0) is 33.6. The third-order valence-corrected chi connectivity index (χ3v) is 11.6. The Bertz CT molecular complexity index is 1360. The molecule has 0 bridgehead atoms. The van der Waals surface area contributed by atoms with E-state index in [1.54, 1.807) is 0 Å². The molecule has 2 aliphatic rings. The van der Waals surface area contributed by atoms with Gasteiger partial charge in [0.25, 0.3) is 0 Å². The van der Waals surface area contributed by atoms with Gasteiger partial charge >= 0.3 is 5.97 Å². The van der Waals surface area contributed by atoms with Crippen LogP contribution in [-0.2, 0) is 4.74 Å². The number of ketones is 1. The van der Waals surface area contributed by atoms with Gasteiger partial charge in [-0.1, -0.05) is 132 Å². The Morgan fingerprint density at radius 3 is 1.56 bits per heavy atom. The zero-order valence-electron chi connectivity index (χ0n) is 29.8. The van der Waals surface area contributed by atoms with Crippen molar-refractivity contribution in [3.8, 4) is 0 Å². The van der Waals surface area contributed by atoms with Gasteiger partial charge in [-0.25, -0.2) is 4.79 Å². The molecule has 2 aliphatic carbocycles. The Hall–Kier alpha value is -3.20. The Labute approximate surface area is 291 Å². The Morgan fingerprint density at radius 1 is 0.604 bits per heavy atom. The highest BCUT2D eigenvalue weighted by molar-refractivity contribution is 5.96. The first-order chi connectivity index (χ1) is 23.5. The van der Waals surface area contributed by atoms with Crippen LogP contribution >= 0.6 is 0 Å². The number of carbonyl (C=O) groups excluding carboxylic acids is 2. The van der Waals surface area contributed by atoms with Gasteiger partial charge in [0.2, 0.25) is 0 Å². The predicted molar refractivity (Wildman–Crippen MR) is 199 cm³/mol. The normalized spacial score (nSPS) is 21.8. The fourth-order valence-electron chi connectivity index (χ4n) is 8.37. The summed E-state index contributed by atoms with van der Waals surface area (Å²) < 4.78 is 5.87. The zero-order valence-corrected chi connectivity index (χ0v) is 29.8. The van der Waals surface area contributed by atoms with Crippen molar-refractivity contribution in [2.45, 2.75) is 141 Å². The fourth-order valence-corrected chi connectivity index (χ4v) is 8.37. The van der Waals surface area contributed by atoms with Gasteiger partial charge in [0.1, 0.15) is 0 Å². The van der Waals surface area contributed by atoms with Crippen LogP contribution in [0.15, 0.2) is 78.9 Å². The van der Waals surface area contributed by atoms with Crippen LogP contribution in [0.4, 0.5) is 0 Å². The molecule has 0 spiro atoms. The van der Waals surface area contributed by atoms with Gasteiger partial charge in [0, 0.05) is 17.9 Å². The van der Waals surface area contributed by atoms with Gasteiger partial charge < -0.3 is 4.74 Å². The molecule has 1 unspecified atom stereocenters. The Kier molecular flexibility index (Phi) is 14.4. The minimum absolute atomic E-state index is 0.0931. The van der Waals surface area contributed by atoms with E-state index >= 15 is 0 Å². The molecule has 1 atom stereocenters. The van der Waals surface area contributed by atoms with E-state index in [4.69, 9.17) is 4.74 Å². The first kappa shape index (κ1) is 36.1. The lowest BCUT2D eigenvalue weighted by molar-refractivity contribution is 0.0470. The summed E-state index contributed by atoms with van der Waals surface area (Å²) in [6, 6.07) is 26.5. The van der Waals surface area contributed by atoms with E-state index in [-0.39, 0.29) is 24.3 Å². The molecule has 3 heteroatoms. The summed E-state index contributed by atoms with van der Waals surface area (Å²) in [7, 11) is 0. The van der Waals surface area contributed by atoms with Crippen LogP contribution in [0.1, 0.15) is 178 Å². The van der Waals surface area contributed by atoms with Crippen molar-refractivity contribution in [3.63, 3.8) is 0 Å². The minimum atomic E-state index is -0.320. The Balaban J connectivity index is 1.12. The van der Waals surface area contributed by atoms with E-state index in [2.05, 4.69) is 38.1 Å². The van der Waals surface area contributed by atoms with Crippen LogP contribution in [0.2, 0.25) is 0 Å². The van der Waals surface area contributed by atoms with Crippen molar-refractivity contribution in [2.75, 3.05) is 6.61 Å². The van der Waals surface area contributed by atoms with Gasteiger partial charge in [-0.3, -0.25) is 4.79 Å². The van der Waals surface area contributed by atoms with Crippen LogP contribution in [0.5, 0.6) is 0 Å². The molecule has 0 radical (unpaired) electrons. The summed E-state index contributed by atoms with van der Waals surface area (Å²) >= 11 is 0. The minimum Gasteiger partial charge on any atom is -0.461 e. The number of unbranched alkanes of at least 4 members (excludes halogenated alkanes) is 4. The van der Waals surface area contributed by atoms with Crippen LogP contribution in [-0.4, -0.2) is 18.4 Å². The molecule has 2 fully saturated rings. The molecule has 258 valence electrons. The average molecular weight is 649 g/mol. The highest BCUT2D eigenvalue weighted by Crippen LogP contribution is 2.39. The summed E-state index contributed by atoms with van der Waals surface area (Å²) in [5.41, 5.74) is 5.05. The number of esters is 1. The molecule has 3 nitrogen and oxygen atoms in total. The lowest BCUT2D eigenvalue weighted by Gasteiger charge is -2.29. The van der Waals surface area contributed by atoms with Crippen LogP contribution in [0, 0.1) is 11.8 Å². The number of hydrogen-bond donors (Lipinski definition) is 0. The fraction of sp³-hybridized carbons (Fsp3) is 0.556. The summed E-state index contributed by atoms with van der Waals surface area (Å²) in [5.74, 6) is 2.56. The van der Waals surface area contributed by atoms with E-state index in [1.807, 2.05) is 54.6 Å². The Morgan fingerprint density at radius 2 is 1.08 bits per heavy atom. The van der Waals surface area contributed by atoms with Crippen molar-refractivity contribution in [2.24, 2.45) is 11.8 Å². The van der Waals surface area contributed by atoms with E-state index in [9.17, 15) is 9.59 Å². The molecule has 0 N–H and O–H groups in total. The SMILES string of the molecule is CCCCCC1CCC(c2ccc(C(=O)CC(COC(=O)c3ccc(C4CCC(CCCCC)CC4)cc3)c3ccccc3)cc2)CC1. The van der Waals surface area contributed by atoms with Crippen LogP contribution in [0.3, 0.4) is 0 Å². The van der Waals surface area contributed by atoms with Gasteiger partial charge in [0.15, 0.2) is 5.78 Å². The molecule has 0 amide bonds. The first-order valence-corrected chi connectivity index (χ1v) is 19.5. The number of carbonyl (C=O) groups is 2. The quantitative estimate of drug-likeness (QED) is 0.0831. The molecule has 3 aromatic rings. The lowest BCUT2D eigenvalue weighted by Crippen LogP contribution is -2.17. The van der Waals surface area contributed by atoms with Crippen molar-refractivity contribution in [1.82, 2.24) is 0 Å². The van der Waals surface area contributed by atoms with E-state index in [0.29, 0.717) is 23.8 Å². The smallest absolute Gasteiger partial charge is 0.338 e. The maximum absolute atomic E-state index is 13.5. The van der Waals surface area contributed by atoms with Crippen molar-refractivity contribution >= 4 is 11.8 Å². The standard InChI is InChI=1S/C45H60O3/c1-3-5-8-12-34-16-20-37(21-17-34)39-24-28-41(29-25-39)44(46)32-43(36-14-10-7-11-15-36)33-48-45(47)42-30-26-40(27-31-42)38-22-18-35(19-23-38)13-9-6-4-2/h7,10-11,14-15,24-31,34-35,37-38,43H,3-6,8-9,12-13,16-23,32-33H2,1-2H3. The van der Waals surface area contributed by atoms with Crippen LogP contribution in [0.25, 0.3) is 0 Å². The largest absolute Gasteiger partial charge is 0.461 e. The number of benzene rings is 3. The molecule has 0 aromatic heterocycles. The summed E-state index contributed by atoms with van der Waals surface area (Å²) in [6.45, 7) is 4.74. The van der Waals surface area contributed by atoms with E-state index in [1.165, 1.54) is 114 Å². The second-order valence-electron chi connectivity index (χ2n) is 15.0.